The number of H-pyrrole nitrogens is 1. The van der Waals surface area contributed by atoms with E-state index >= 15 is 0 Å². The normalized spacial score (nSPS) is 10.6. The second-order valence-electron chi connectivity index (χ2n) is 3.36. The molecule has 1 aromatic heterocycles. The maximum Gasteiger partial charge on any atom is 0.343 e. The molecule has 0 aliphatic rings. The van der Waals surface area contributed by atoms with Crippen molar-refractivity contribution in [3.8, 4) is 11.4 Å². The third-order valence-electron chi connectivity index (χ3n) is 2.22. The van der Waals surface area contributed by atoms with Gasteiger partial charge in [-0.1, -0.05) is 6.07 Å². The molecular formula is C10H10FN3O. The zero-order valence-corrected chi connectivity index (χ0v) is 8.41. The predicted octanol–water partition coefficient (Wildman–Crippen LogP) is 1.22. The van der Waals surface area contributed by atoms with Crippen molar-refractivity contribution in [3.63, 3.8) is 0 Å². The highest BCUT2D eigenvalue weighted by atomic mass is 19.1. The van der Waals surface area contributed by atoms with Gasteiger partial charge in [0.2, 0.25) is 0 Å². The molecule has 2 aromatic rings. The standard InChI is InChI=1S/C10H10FN3O/c1-6-3-4-7(11)5-8(6)9-12-10(15)14(2)13-9/h3-5H,1-2H3,(H,12,13,15). The summed E-state index contributed by atoms with van der Waals surface area (Å²) >= 11 is 0. The van der Waals surface area contributed by atoms with Crippen LogP contribution in [0.2, 0.25) is 0 Å². The highest BCUT2D eigenvalue weighted by Crippen LogP contribution is 2.19. The maximum atomic E-state index is 13.0. The molecule has 0 fully saturated rings. The molecule has 5 heteroatoms. The van der Waals surface area contributed by atoms with Crippen LogP contribution in [0.25, 0.3) is 11.4 Å². The van der Waals surface area contributed by atoms with Gasteiger partial charge in [-0.15, -0.1) is 0 Å². The molecule has 0 aliphatic heterocycles. The van der Waals surface area contributed by atoms with Crippen LogP contribution in [0.4, 0.5) is 4.39 Å². The zero-order chi connectivity index (χ0) is 11.0. The largest absolute Gasteiger partial charge is 0.343 e. The van der Waals surface area contributed by atoms with Crippen molar-refractivity contribution in [1.29, 1.82) is 0 Å². The number of hydrogen-bond acceptors (Lipinski definition) is 2. The van der Waals surface area contributed by atoms with Crippen molar-refractivity contribution in [2.24, 2.45) is 7.05 Å². The Balaban J connectivity index is 2.63. The molecule has 1 aromatic carbocycles. The first-order valence-electron chi connectivity index (χ1n) is 4.48. The van der Waals surface area contributed by atoms with Gasteiger partial charge in [0.05, 0.1) is 0 Å². The number of rotatable bonds is 1. The molecule has 78 valence electrons. The molecule has 0 spiro atoms. The minimum atomic E-state index is -0.345. The number of aryl methyl sites for hydroxylation is 2. The number of hydrogen-bond donors (Lipinski definition) is 1. The summed E-state index contributed by atoms with van der Waals surface area (Å²) in [7, 11) is 1.54. The van der Waals surface area contributed by atoms with Crippen molar-refractivity contribution in [1.82, 2.24) is 14.8 Å². The van der Waals surface area contributed by atoms with E-state index in [0.717, 1.165) is 5.56 Å². The third kappa shape index (κ3) is 1.68. The fourth-order valence-corrected chi connectivity index (χ4v) is 1.37. The van der Waals surface area contributed by atoms with Crippen molar-refractivity contribution < 1.29 is 4.39 Å². The van der Waals surface area contributed by atoms with E-state index in [1.54, 1.807) is 6.07 Å². The second kappa shape index (κ2) is 3.34. The summed E-state index contributed by atoms with van der Waals surface area (Å²) < 4.78 is 14.2. The molecule has 2 rings (SSSR count). The third-order valence-corrected chi connectivity index (χ3v) is 2.22. The average molecular weight is 207 g/mol. The Morgan fingerprint density at radius 1 is 1.47 bits per heavy atom. The Hall–Kier alpha value is -1.91. The monoisotopic (exact) mass is 207 g/mol. The first kappa shape index (κ1) is 9.64. The maximum absolute atomic E-state index is 13.0. The van der Waals surface area contributed by atoms with Gasteiger partial charge in [0.15, 0.2) is 5.82 Å². The first-order chi connectivity index (χ1) is 7.08. The van der Waals surface area contributed by atoms with E-state index in [4.69, 9.17) is 0 Å². The molecule has 0 saturated heterocycles. The van der Waals surface area contributed by atoms with Crippen LogP contribution in [0.1, 0.15) is 5.56 Å². The van der Waals surface area contributed by atoms with Crippen LogP contribution >= 0.6 is 0 Å². The van der Waals surface area contributed by atoms with Gasteiger partial charge in [-0.2, -0.15) is 5.10 Å². The van der Waals surface area contributed by atoms with Gasteiger partial charge in [0.25, 0.3) is 0 Å². The number of nitrogens with one attached hydrogen (secondary N) is 1. The molecule has 15 heavy (non-hydrogen) atoms. The Morgan fingerprint density at radius 2 is 2.20 bits per heavy atom. The van der Waals surface area contributed by atoms with E-state index in [2.05, 4.69) is 10.1 Å². The molecule has 0 bridgehead atoms. The van der Waals surface area contributed by atoms with Crippen molar-refractivity contribution in [2.75, 3.05) is 0 Å². The number of benzene rings is 1. The molecule has 1 heterocycles. The molecule has 0 atom stereocenters. The van der Waals surface area contributed by atoms with Crippen molar-refractivity contribution in [3.05, 3.63) is 40.1 Å². The highest BCUT2D eigenvalue weighted by Gasteiger charge is 2.08. The molecule has 4 nitrogen and oxygen atoms in total. The van der Waals surface area contributed by atoms with E-state index in [1.165, 1.54) is 23.9 Å². The van der Waals surface area contributed by atoms with Crippen LogP contribution in [0.5, 0.6) is 0 Å². The summed E-state index contributed by atoms with van der Waals surface area (Å²) in [6.45, 7) is 1.84. The van der Waals surface area contributed by atoms with Gasteiger partial charge in [-0.25, -0.2) is 13.9 Å². The topological polar surface area (TPSA) is 50.7 Å². The predicted molar refractivity (Wildman–Crippen MR) is 54.0 cm³/mol. The molecule has 0 unspecified atom stereocenters. The van der Waals surface area contributed by atoms with Crippen LogP contribution in [0, 0.1) is 12.7 Å². The second-order valence-corrected chi connectivity index (χ2v) is 3.36. The van der Waals surface area contributed by atoms with Crippen LogP contribution < -0.4 is 5.69 Å². The molecule has 0 saturated carbocycles. The lowest BCUT2D eigenvalue weighted by atomic mass is 10.1. The Bertz CT molecular complexity index is 556. The van der Waals surface area contributed by atoms with E-state index < -0.39 is 0 Å². The molecule has 0 aliphatic carbocycles. The Labute approximate surface area is 85.4 Å². The molecule has 1 N–H and O–H groups in total. The van der Waals surface area contributed by atoms with E-state index in [-0.39, 0.29) is 11.5 Å². The first-order valence-corrected chi connectivity index (χ1v) is 4.48. The Kier molecular flexibility index (Phi) is 2.15. The van der Waals surface area contributed by atoms with Gasteiger partial charge in [0, 0.05) is 12.6 Å². The van der Waals surface area contributed by atoms with Crippen LogP contribution in [-0.4, -0.2) is 14.8 Å². The number of nitrogens with zero attached hydrogens (tertiary/aromatic N) is 2. The number of halogens is 1. The quantitative estimate of drug-likeness (QED) is 0.764. The SMILES string of the molecule is Cc1ccc(F)cc1-c1nn(C)c(=O)[nH]1. The average Bonchev–Trinajstić information content (AvgIpc) is 2.51. The smallest absolute Gasteiger partial charge is 0.289 e. The number of aromatic amines is 1. The number of aromatic nitrogens is 3. The molecule has 0 radical (unpaired) electrons. The minimum absolute atomic E-state index is 0.311. The van der Waals surface area contributed by atoms with Gasteiger partial charge in [0.1, 0.15) is 5.82 Å². The van der Waals surface area contributed by atoms with Crippen LogP contribution in [0.3, 0.4) is 0 Å². The fraction of sp³-hybridized carbons (Fsp3) is 0.200. The molecular weight excluding hydrogens is 197 g/mol. The van der Waals surface area contributed by atoms with Crippen LogP contribution in [0.15, 0.2) is 23.0 Å². The van der Waals surface area contributed by atoms with Gasteiger partial charge >= 0.3 is 5.69 Å². The van der Waals surface area contributed by atoms with Crippen LogP contribution in [-0.2, 0) is 7.05 Å². The summed E-state index contributed by atoms with van der Waals surface area (Å²) in [5.74, 6) is 0.0432. The van der Waals surface area contributed by atoms with E-state index in [0.29, 0.717) is 11.4 Å². The summed E-state index contributed by atoms with van der Waals surface area (Å²) in [5.41, 5.74) is 1.16. The van der Waals surface area contributed by atoms with Gasteiger partial charge in [-0.05, 0) is 24.6 Å². The Morgan fingerprint density at radius 3 is 2.80 bits per heavy atom. The van der Waals surface area contributed by atoms with E-state index in [9.17, 15) is 9.18 Å². The summed E-state index contributed by atoms with van der Waals surface area (Å²) in [5, 5.41) is 3.96. The summed E-state index contributed by atoms with van der Waals surface area (Å²) in [4.78, 5) is 13.7. The van der Waals surface area contributed by atoms with Crippen molar-refractivity contribution in [2.45, 2.75) is 6.92 Å². The van der Waals surface area contributed by atoms with Crippen molar-refractivity contribution >= 4 is 0 Å². The lowest BCUT2D eigenvalue weighted by Crippen LogP contribution is -2.13. The lowest BCUT2D eigenvalue weighted by molar-refractivity contribution is 0.627. The van der Waals surface area contributed by atoms with E-state index in [1.807, 2.05) is 6.92 Å². The summed E-state index contributed by atoms with van der Waals surface area (Å²) in [6, 6.07) is 4.38. The van der Waals surface area contributed by atoms with Gasteiger partial charge < -0.3 is 0 Å². The molecule has 0 amide bonds. The minimum Gasteiger partial charge on any atom is -0.289 e. The summed E-state index contributed by atoms with van der Waals surface area (Å²) in [6.07, 6.45) is 0. The highest BCUT2D eigenvalue weighted by molar-refractivity contribution is 5.59. The fourth-order valence-electron chi connectivity index (χ4n) is 1.37. The zero-order valence-electron chi connectivity index (χ0n) is 8.41. The van der Waals surface area contributed by atoms with Gasteiger partial charge in [-0.3, -0.25) is 4.98 Å². The lowest BCUT2D eigenvalue weighted by Gasteiger charge is -2.00.